The Morgan fingerprint density at radius 3 is 2.50 bits per heavy atom. The van der Waals surface area contributed by atoms with Crippen molar-refractivity contribution in [1.29, 1.82) is 0 Å². The number of amides is 1. The summed E-state index contributed by atoms with van der Waals surface area (Å²) in [7, 11) is 3.11. The summed E-state index contributed by atoms with van der Waals surface area (Å²) in [5, 5.41) is 48.3. The fraction of sp³-hybridized carbons (Fsp3) is 0.440. The van der Waals surface area contributed by atoms with E-state index in [0.29, 0.717) is 23.4 Å². The summed E-state index contributed by atoms with van der Waals surface area (Å²) in [6, 6.07) is 1.85. The van der Waals surface area contributed by atoms with Crippen LogP contribution >= 0.6 is 0 Å². The maximum absolute atomic E-state index is 13.8. The number of nitrogens with zero attached hydrogens (tertiary/aromatic N) is 2. The number of nitrogens with two attached hydrogens (primary N) is 1. The van der Waals surface area contributed by atoms with Crippen molar-refractivity contribution in [2.45, 2.75) is 38.3 Å². The van der Waals surface area contributed by atoms with Gasteiger partial charge in [0.2, 0.25) is 5.78 Å². The molecule has 4 rings (SSSR count). The quantitative estimate of drug-likeness (QED) is 0.221. The van der Waals surface area contributed by atoms with Crippen molar-refractivity contribution in [2.24, 2.45) is 22.7 Å². The summed E-state index contributed by atoms with van der Waals surface area (Å²) < 4.78 is 0. The number of aliphatic hydroxyl groups is 3. The number of likely N-dealkylation sites (N-methyl/N-ethyl adjacent to an activating group) is 1. The lowest BCUT2D eigenvalue weighted by Crippen LogP contribution is -2.65. The number of primary amides is 1. The van der Waals surface area contributed by atoms with Crippen molar-refractivity contribution >= 4 is 28.9 Å². The third-order valence-corrected chi connectivity index (χ3v) is 7.32. The van der Waals surface area contributed by atoms with Gasteiger partial charge in [0, 0.05) is 17.1 Å². The van der Waals surface area contributed by atoms with Gasteiger partial charge in [0.15, 0.2) is 11.4 Å². The molecule has 0 aliphatic heterocycles. The number of oxime groups is 1. The molecule has 1 aromatic rings. The second kappa shape index (κ2) is 8.75. The number of phenolic OH excluding ortho intramolecular Hbond substituents is 1. The number of aliphatic hydroxyl groups excluding tert-OH is 2. The van der Waals surface area contributed by atoms with Gasteiger partial charge in [-0.3, -0.25) is 19.3 Å². The first-order chi connectivity index (χ1) is 16.9. The van der Waals surface area contributed by atoms with E-state index in [0.717, 1.165) is 0 Å². The number of rotatable bonds is 5. The number of phenols is 1. The highest BCUT2D eigenvalue weighted by Crippen LogP contribution is 2.52. The summed E-state index contributed by atoms with van der Waals surface area (Å²) in [5.41, 5.74) is 3.25. The monoisotopic (exact) mass is 499 g/mol. The zero-order chi connectivity index (χ0) is 26.7. The van der Waals surface area contributed by atoms with Gasteiger partial charge >= 0.3 is 0 Å². The molecule has 192 valence electrons. The van der Waals surface area contributed by atoms with Gasteiger partial charge in [0.25, 0.3) is 5.91 Å². The zero-order valence-electron chi connectivity index (χ0n) is 20.4. The third-order valence-electron chi connectivity index (χ3n) is 7.32. The maximum Gasteiger partial charge on any atom is 0.255 e. The van der Waals surface area contributed by atoms with Crippen LogP contribution in [0.4, 0.5) is 0 Å². The van der Waals surface area contributed by atoms with Gasteiger partial charge in [0.1, 0.15) is 29.4 Å². The number of ketones is 2. The predicted molar refractivity (Wildman–Crippen MR) is 128 cm³/mol. The highest BCUT2D eigenvalue weighted by Gasteiger charge is 2.64. The molecular weight excluding hydrogens is 470 g/mol. The van der Waals surface area contributed by atoms with Crippen molar-refractivity contribution < 1.29 is 39.6 Å². The molecule has 1 fully saturated rings. The highest BCUT2D eigenvalue weighted by molar-refractivity contribution is 6.24. The first kappa shape index (κ1) is 25.4. The largest absolute Gasteiger partial charge is 0.508 e. The number of hydrogen-bond acceptors (Lipinski definition) is 10. The van der Waals surface area contributed by atoms with Crippen LogP contribution in [-0.2, 0) is 25.6 Å². The summed E-state index contributed by atoms with van der Waals surface area (Å²) >= 11 is 0. The second-order valence-corrected chi connectivity index (χ2v) is 9.54. The van der Waals surface area contributed by atoms with Crippen LogP contribution in [0.25, 0.3) is 5.76 Å². The first-order valence-corrected chi connectivity index (χ1v) is 11.5. The molecule has 4 atom stereocenters. The van der Waals surface area contributed by atoms with E-state index in [2.05, 4.69) is 5.16 Å². The normalized spacial score (nSPS) is 28.2. The van der Waals surface area contributed by atoms with E-state index in [-0.39, 0.29) is 29.7 Å². The average Bonchev–Trinajstić information content (AvgIpc) is 2.79. The lowest BCUT2D eigenvalue weighted by Gasteiger charge is -2.50. The first-order valence-electron chi connectivity index (χ1n) is 11.5. The second-order valence-electron chi connectivity index (χ2n) is 9.54. The van der Waals surface area contributed by atoms with E-state index in [1.54, 1.807) is 34.0 Å². The van der Waals surface area contributed by atoms with Crippen molar-refractivity contribution in [1.82, 2.24) is 4.90 Å². The molecule has 0 bridgehead atoms. The number of aromatic hydroxyl groups is 1. The van der Waals surface area contributed by atoms with Crippen molar-refractivity contribution in [3.8, 4) is 5.75 Å². The molecule has 0 saturated heterocycles. The Kier molecular flexibility index (Phi) is 6.17. The molecule has 0 spiro atoms. The van der Waals surface area contributed by atoms with Crippen LogP contribution in [0.5, 0.6) is 5.75 Å². The van der Waals surface area contributed by atoms with Crippen molar-refractivity contribution in [3.05, 3.63) is 45.7 Å². The zero-order valence-corrected chi connectivity index (χ0v) is 20.4. The molecule has 1 saturated carbocycles. The molecule has 0 radical (unpaired) electrons. The fourth-order valence-electron chi connectivity index (χ4n) is 5.79. The number of carbonyl (C=O) groups is 3. The minimum absolute atomic E-state index is 0.00911. The topological polar surface area (TPSA) is 183 Å². The Hall–Kier alpha value is -3.70. The van der Waals surface area contributed by atoms with Gasteiger partial charge in [-0.1, -0.05) is 5.16 Å². The molecule has 0 aromatic heterocycles. The van der Waals surface area contributed by atoms with Crippen LogP contribution in [0, 0.1) is 11.8 Å². The number of benzene rings is 1. The lowest BCUT2D eigenvalue weighted by molar-refractivity contribution is -0.153. The summed E-state index contributed by atoms with van der Waals surface area (Å²) in [5.74, 6) is -6.85. The predicted octanol–water partition coefficient (Wildman–Crippen LogP) is 0.725. The molecule has 11 nitrogen and oxygen atoms in total. The molecule has 3 aliphatic rings. The Morgan fingerprint density at radius 2 is 1.92 bits per heavy atom. The molecule has 36 heavy (non-hydrogen) atoms. The van der Waals surface area contributed by atoms with E-state index in [1.807, 2.05) is 0 Å². The molecule has 1 amide bonds. The molecule has 0 heterocycles. The Labute approximate surface area is 207 Å². The van der Waals surface area contributed by atoms with Crippen molar-refractivity contribution in [2.75, 3.05) is 20.7 Å². The molecule has 11 heteroatoms. The fourth-order valence-corrected chi connectivity index (χ4v) is 5.79. The Balaban J connectivity index is 1.96. The third kappa shape index (κ3) is 3.41. The van der Waals surface area contributed by atoms with Gasteiger partial charge in [-0.15, -0.1) is 0 Å². The Morgan fingerprint density at radius 1 is 1.25 bits per heavy atom. The van der Waals surface area contributed by atoms with Crippen LogP contribution in [0.15, 0.2) is 34.2 Å². The van der Waals surface area contributed by atoms with Gasteiger partial charge in [-0.25, -0.2) is 0 Å². The SMILES string of the molecule is CCO/N=C(/C)c1ccc(O)c2c1CC1CC3[C@H](N(C)C)C(=O)C(C(N)=O)=C(O)[C@@]3(O)C(=O)C1=C2O. The van der Waals surface area contributed by atoms with Gasteiger partial charge in [-0.05, 0) is 64.4 Å². The minimum Gasteiger partial charge on any atom is -0.508 e. The van der Waals surface area contributed by atoms with E-state index < -0.39 is 58.0 Å². The minimum atomic E-state index is -2.66. The average molecular weight is 500 g/mol. The summed E-state index contributed by atoms with van der Waals surface area (Å²) in [4.78, 5) is 45.6. The molecule has 2 unspecified atom stereocenters. The molecular formula is C25H29N3O8. The number of fused-ring (bicyclic) bond motifs is 3. The lowest BCUT2D eigenvalue weighted by atomic mass is 9.57. The van der Waals surface area contributed by atoms with Crippen LogP contribution in [0.3, 0.4) is 0 Å². The van der Waals surface area contributed by atoms with Crippen LogP contribution in [0.2, 0.25) is 0 Å². The van der Waals surface area contributed by atoms with E-state index >= 15 is 0 Å². The number of hydrogen-bond donors (Lipinski definition) is 5. The Bertz CT molecular complexity index is 1280. The van der Waals surface area contributed by atoms with E-state index in [9.17, 15) is 34.8 Å². The molecule has 1 aromatic carbocycles. The van der Waals surface area contributed by atoms with Crippen LogP contribution in [-0.4, -0.2) is 80.9 Å². The maximum atomic E-state index is 13.8. The standard InChI is InChI=1S/C25H29N3O8/c1-5-36-27-10(2)12-6-7-15(29)17-13(12)8-11-9-14-19(28(3)4)21(31)18(24(26)34)23(33)25(14,35)22(32)16(11)20(17)30/h6-7,11,14,19,29-30,33,35H,5,8-9H2,1-4H3,(H2,26,34)/b27-10-/t11?,14?,19-,25-/m0/s1. The van der Waals surface area contributed by atoms with Gasteiger partial charge in [-0.2, -0.15) is 0 Å². The van der Waals surface area contributed by atoms with Crippen LogP contribution < -0.4 is 5.73 Å². The van der Waals surface area contributed by atoms with Gasteiger partial charge in [0.05, 0.1) is 17.3 Å². The summed E-state index contributed by atoms with van der Waals surface area (Å²) in [6.45, 7) is 3.83. The van der Waals surface area contributed by atoms with Gasteiger partial charge < -0.3 is 31.0 Å². The molecule has 3 aliphatic carbocycles. The van der Waals surface area contributed by atoms with Crippen molar-refractivity contribution in [3.63, 3.8) is 0 Å². The van der Waals surface area contributed by atoms with E-state index in [4.69, 9.17) is 10.6 Å². The highest BCUT2D eigenvalue weighted by atomic mass is 16.6. The molecule has 6 N–H and O–H groups in total. The number of carbonyl (C=O) groups excluding carboxylic acids is 3. The van der Waals surface area contributed by atoms with Crippen LogP contribution in [0.1, 0.15) is 37.0 Å². The van der Waals surface area contributed by atoms with E-state index in [1.165, 1.54) is 11.0 Å². The summed E-state index contributed by atoms with van der Waals surface area (Å²) in [6.07, 6.45) is 0.194. The smallest absolute Gasteiger partial charge is 0.255 e. The number of Topliss-reactive ketones (excluding diaryl/α,β-unsaturated/α-hetero) is 2.